The number of amides is 1. The van der Waals surface area contributed by atoms with Crippen molar-refractivity contribution < 1.29 is 4.79 Å². The van der Waals surface area contributed by atoms with Gasteiger partial charge in [0.15, 0.2) is 16.6 Å². The number of carbonyl (C=O) groups excluding carboxylic acids is 1. The first-order chi connectivity index (χ1) is 14.5. The molecule has 4 rings (SSSR count). The van der Waals surface area contributed by atoms with Crippen LogP contribution in [0.25, 0.3) is 17.0 Å². The van der Waals surface area contributed by atoms with E-state index in [0.717, 1.165) is 11.3 Å². The number of thioether (sulfide) groups is 1. The molecule has 4 aromatic rings. The quantitative estimate of drug-likeness (QED) is 0.462. The summed E-state index contributed by atoms with van der Waals surface area (Å²) in [6.07, 6.45) is 0. The number of aromatic nitrogens is 4. The molecule has 1 amide bonds. The van der Waals surface area contributed by atoms with Crippen molar-refractivity contribution in [2.24, 2.45) is 0 Å². The Morgan fingerprint density at radius 2 is 1.83 bits per heavy atom. The minimum atomic E-state index is -0.272. The molecule has 0 saturated heterocycles. The molecule has 7 nitrogen and oxygen atoms in total. The predicted octanol–water partition coefficient (Wildman–Crippen LogP) is 3.94. The average molecular weight is 420 g/mol. The van der Waals surface area contributed by atoms with Crippen LogP contribution in [0.2, 0.25) is 0 Å². The molecule has 0 aliphatic rings. The summed E-state index contributed by atoms with van der Waals surface area (Å²) in [5.74, 6) is 0.932. The molecule has 0 unspecified atom stereocenters. The number of fused-ring (bicyclic) bond motifs is 1. The van der Waals surface area contributed by atoms with Crippen LogP contribution in [0.5, 0.6) is 0 Å². The van der Waals surface area contributed by atoms with E-state index in [0.29, 0.717) is 22.5 Å². The number of H-pyrrole nitrogens is 1. The summed E-state index contributed by atoms with van der Waals surface area (Å²) < 4.78 is 1.50. The number of carbonyl (C=O) groups is 1. The molecule has 0 atom stereocenters. The first-order valence-electron chi connectivity index (χ1n) is 9.57. The average Bonchev–Trinajstić information content (AvgIpc) is 3.13. The SMILES string of the molecule is CC(C)c1ccc(NC(=O)CSc2nc(-c3ccccc3)nc3cc(=O)[nH]n23)cc1. The molecular formula is C22H21N5O2S. The van der Waals surface area contributed by atoms with E-state index in [2.05, 4.69) is 34.2 Å². The van der Waals surface area contributed by atoms with Crippen molar-refractivity contribution in [2.75, 3.05) is 11.1 Å². The lowest BCUT2D eigenvalue weighted by Gasteiger charge is -2.09. The second-order valence-electron chi connectivity index (χ2n) is 7.12. The first kappa shape index (κ1) is 19.9. The minimum Gasteiger partial charge on any atom is -0.325 e. The number of hydrogen-bond donors (Lipinski definition) is 2. The molecular weight excluding hydrogens is 398 g/mol. The summed E-state index contributed by atoms with van der Waals surface area (Å²) >= 11 is 1.24. The van der Waals surface area contributed by atoms with Crippen molar-refractivity contribution in [3.05, 3.63) is 76.6 Å². The standard InChI is InChI=1S/C22H21N5O2S/c1-14(2)15-8-10-17(11-9-15)23-20(29)13-30-22-25-21(16-6-4-3-5-7-16)24-18-12-19(28)26-27(18)22/h3-12,14H,13H2,1-2H3,(H,23,29)(H,26,28). The van der Waals surface area contributed by atoms with Gasteiger partial charge in [-0.1, -0.05) is 68.1 Å². The number of aromatic amines is 1. The smallest absolute Gasteiger partial charge is 0.266 e. The van der Waals surface area contributed by atoms with Crippen molar-refractivity contribution in [3.63, 3.8) is 0 Å². The zero-order valence-electron chi connectivity index (χ0n) is 16.6. The fourth-order valence-electron chi connectivity index (χ4n) is 2.98. The summed E-state index contributed by atoms with van der Waals surface area (Å²) in [7, 11) is 0. The Balaban J connectivity index is 1.53. The molecule has 30 heavy (non-hydrogen) atoms. The summed E-state index contributed by atoms with van der Waals surface area (Å²) in [6.45, 7) is 4.25. The van der Waals surface area contributed by atoms with E-state index in [4.69, 9.17) is 0 Å². The summed E-state index contributed by atoms with van der Waals surface area (Å²) in [6, 6.07) is 18.8. The molecule has 2 aromatic heterocycles. The first-order valence-corrected chi connectivity index (χ1v) is 10.6. The monoisotopic (exact) mass is 419 g/mol. The molecule has 8 heteroatoms. The Bertz CT molecular complexity index is 1230. The van der Waals surface area contributed by atoms with Gasteiger partial charge in [0.05, 0.1) is 5.75 Å². The van der Waals surface area contributed by atoms with Crippen molar-refractivity contribution in [3.8, 4) is 11.4 Å². The zero-order chi connectivity index (χ0) is 21.1. The van der Waals surface area contributed by atoms with Gasteiger partial charge in [-0.2, -0.15) is 0 Å². The second-order valence-corrected chi connectivity index (χ2v) is 8.07. The maximum Gasteiger partial charge on any atom is 0.266 e. The van der Waals surface area contributed by atoms with Gasteiger partial charge < -0.3 is 5.32 Å². The highest BCUT2D eigenvalue weighted by molar-refractivity contribution is 7.99. The molecule has 0 aliphatic carbocycles. The van der Waals surface area contributed by atoms with Gasteiger partial charge >= 0.3 is 0 Å². The Kier molecular flexibility index (Phi) is 5.67. The highest BCUT2D eigenvalue weighted by atomic mass is 32.2. The van der Waals surface area contributed by atoms with Gasteiger partial charge in [0, 0.05) is 17.3 Å². The van der Waals surface area contributed by atoms with Crippen LogP contribution in [0.1, 0.15) is 25.3 Å². The molecule has 0 fully saturated rings. The Morgan fingerprint density at radius 3 is 2.53 bits per heavy atom. The molecule has 2 heterocycles. The van der Waals surface area contributed by atoms with Crippen LogP contribution in [-0.4, -0.2) is 31.2 Å². The topological polar surface area (TPSA) is 92.2 Å². The number of rotatable bonds is 6. The number of hydrogen-bond acceptors (Lipinski definition) is 5. The van der Waals surface area contributed by atoms with E-state index >= 15 is 0 Å². The van der Waals surface area contributed by atoms with E-state index in [-0.39, 0.29) is 17.2 Å². The summed E-state index contributed by atoms with van der Waals surface area (Å²) in [4.78, 5) is 33.3. The fourth-order valence-corrected chi connectivity index (χ4v) is 3.73. The molecule has 2 aromatic carbocycles. The van der Waals surface area contributed by atoms with Crippen molar-refractivity contribution in [1.29, 1.82) is 0 Å². The Labute approximate surface area is 177 Å². The van der Waals surface area contributed by atoms with Crippen LogP contribution >= 0.6 is 11.8 Å². The van der Waals surface area contributed by atoms with Gasteiger partial charge in [0.1, 0.15) is 0 Å². The third-order valence-electron chi connectivity index (χ3n) is 4.55. The fraction of sp³-hybridized carbons (Fsp3) is 0.182. The van der Waals surface area contributed by atoms with Crippen LogP contribution < -0.4 is 10.9 Å². The lowest BCUT2D eigenvalue weighted by molar-refractivity contribution is -0.113. The lowest BCUT2D eigenvalue weighted by atomic mass is 10.0. The third kappa shape index (κ3) is 4.44. The number of benzene rings is 2. The summed E-state index contributed by atoms with van der Waals surface area (Å²) in [5.41, 5.74) is 2.99. The molecule has 0 spiro atoms. The second kappa shape index (κ2) is 8.54. The largest absolute Gasteiger partial charge is 0.325 e. The van der Waals surface area contributed by atoms with Crippen LogP contribution in [0.15, 0.2) is 70.6 Å². The Morgan fingerprint density at radius 1 is 1.10 bits per heavy atom. The minimum absolute atomic E-state index is 0.145. The van der Waals surface area contributed by atoms with Crippen LogP contribution in [0.3, 0.4) is 0 Å². The Hall–Kier alpha value is -3.39. The van der Waals surface area contributed by atoms with Crippen LogP contribution in [-0.2, 0) is 4.79 Å². The molecule has 0 bridgehead atoms. The van der Waals surface area contributed by atoms with E-state index in [1.54, 1.807) is 0 Å². The third-order valence-corrected chi connectivity index (χ3v) is 5.49. The van der Waals surface area contributed by atoms with E-state index in [9.17, 15) is 9.59 Å². The maximum absolute atomic E-state index is 12.4. The van der Waals surface area contributed by atoms with Crippen LogP contribution in [0, 0.1) is 0 Å². The van der Waals surface area contributed by atoms with Crippen molar-refractivity contribution in [1.82, 2.24) is 19.6 Å². The van der Waals surface area contributed by atoms with Gasteiger partial charge in [-0.3, -0.25) is 14.7 Å². The predicted molar refractivity (Wildman–Crippen MR) is 119 cm³/mol. The zero-order valence-corrected chi connectivity index (χ0v) is 17.4. The molecule has 0 radical (unpaired) electrons. The highest BCUT2D eigenvalue weighted by Gasteiger charge is 2.13. The van der Waals surface area contributed by atoms with E-state index in [1.165, 1.54) is 27.9 Å². The number of anilines is 1. The molecule has 0 saturated carbocycles. The van der Waals surface area contributed by atoms with Crippen molar-refractivity contribution >= 4 is 29.0 Å². The molecule has 2 N–H and O–H groups in total. The number of nitrogens with one attached hydrogen (secondary N) is 2. The number of nitrogens with zero attached hydrogens (tertiary/aromatic N) is 3. The van der Waals surface area contributed by atoms with Crippen molar-refractivity contribution in [2.45, 2.75) is 24.9 Å². The van der Waals surface area contributed by atoms with Crippen LogP contribution in [0.4, 0.5) is 5.69 Å². The molecule has 152 valence electrons. The van der Waals surface area contributed by atoms with Gasteiger partial charge in [-0.15, -0.1) is 0 Å². The van der Waals surface area contributed by atoms with Gasteiger partial charge in [0.25, 0.3) is 5.56 Å². The summed E-state index contributed by atoms with van der Waals surface area (Å²) in [5, 5.41) is 6.06. The normalized spacial score (nSPS) is 11.2. The highest BCUT2D eigenvalue weighted by Crippen LogP contribution is 2.22. The maximum atomic E-state index is 12.4. The van der Waals surface area contributed by atoms with E-state index in [1.807, 2.05) is 54.6 Å². The van der Waals surface area contributed by atoms with Gasteiger partial charge in [-0.05, 0) is 23.6 Å². The lowest BCUT2D eigenvalue weighted by Crippen LogP contribution is -2.15. The van der Waals surface area contributed by atoms with E-state index < -0.39 is 0 Å². The van der Waals surface area contributed by atoms with Gasteiger partial charge in [0.2, 0.25) is 5.91 Å². The molecule has 0 aliphatic heterocycles. The van der Waals surface area contributed by atoms with Gasteiger partial charge in [-0.25, -0.2) is 14.5 Å².